The normalized spacial score (nSPS) is 18.2. The molecule has 0 aromatic rings. The molecule has 1 N–H and O–H groups in total. The van der Waals surface area contributed by atoms with Gasteiger partial charge < -0.3 is 5.32 Å². The predicted octanol–water partition coefficient (Wildman–Crippen LogP) is 3.45. The molecule has 0 amide bonds. The van der Waals surface area contributed by atoms with E-state index in [-0.39, 0.29) is 0 Å². The minimum absolute atomic E-state index is 0.503. The Morgan fingerprint density at radius 2 is 1.92 bits per heavy atom. The summed E-state index contributed by atoms with van der Waals surface area (Å²) in [5.41, 5.74) is 0.503. The first-order valence-electron chi connectivity index (χ1n) is 5.72. The Hall–Kier alpha value is -0.0400. The van der Waals surface area contributed by atoms with Crippen LogP contribution < -0.4 is 5.32 Å². The van der Waals surface area contributed by atoms with Crippen molar-refractivity contribution >= 4 is 0 Å². The van der Waals surface area contributed by atoms with E-state index in [1.165, 1.54) is 25.7 Å². The van der Waals surface area contributed by atoms with E-state index in [2.05, 4.69) is 40.1 Å². The molecule has 0 fully saturated rings. The monoisotopic (exact) mass is 185 g/mol. The fourth-order valence-corrected chi connectivity index (χ4v) is 2.20. The molecule has 1 heteroatoms. The van der Waals surface area contributed by atoms with Crippen LogP contribution >= 0.6 is 0 Å². The molecule has 2 atom stereocenters. The van der Waals surface area contributed by atoms with Crippen LogP contribution in [0.4, 0.5) is 0 Å². The number of hydrogen-bond donors (Lipinski definition) is 1. The van der Waals surface area contributed by atoms with Gasteiger partial charge >= 0.3 is 0 Å². The zero-order chi connectivity index (χ0) is 10.3. The van der Waals surface area contributed by atoms with Crippen molar-refractivity contribution in [1.82, 2.24) is 5.32 Å². The average molecular weight is 185 g/mol. The maximum Gasteiger partial charge on any atom is 0.000215 e. The molecule has 0 aromatic carbocycles. The Kier molecular flexibility index (Phi) is 6.40. The van der Waals surface area contributed by atoms with E-state index in [1.807, 2.05) is 0 Å². The summed E-state index contributed by atoms with van der Waals surface area (Å²) in [6, 6.07) is 0. The maximum atomic E-state index is 3.31. The second-order valence-electron chi connectivity index (χ2n) is 4.79. The third-order valence-corrected chi connectivity index (χ3v) is 3.08. The third-order valence-electron chi connectivity index (χ3n) is 3.08. The predicted molar refractivity (Wildman–Crippen MR) is 61.0 cm³/mol. The Balaban J connectivity index is 3.93. The van der Waals surface area contributed by atoms with Crippen LogP contribution in [-0.4, -0.2) is 13.6 Å². The maximum absolute atomic E-state index is 3.31. The minimum Gasteiger partial charge on any atom is -0.319 e. The highest BCUT2D eigenvalue weighted by Crippen LogP contribution is 2.30. The number of hydrogen-bond acceptors (Lipinski definition) is 1. The first kappa shape index (κ1) is 13.0. The Morgan fingerprint density at radius 1 is 1.31 bits per heavy atom. The summed E-state index contributed by atoms with van der Waals surface area (Å²) in [6.45, 7) is 10.5. The molecule has 0 aliphatic rings. The highest BCUT2D eigenvalue weighted by molar-refractivity contribution is 4.76. The molecule has 0 saturated carbocycles. The summed E-state index contributed by atoms with van der Waals surface area (Å²) in [5, 5.41) is 3.31. The zero-order valence-electron chi connectivity index (χ0n) is 10.1. The van der Waals surface area contributed by atoms with Crippen LogP contribution in [0, 0.1) is 11.3 Å². The van der Waals surface area contributed by atoms with E-state index in [1.54, 1.807) is 0 Å². The van der Waals surface area contributed by atoms with E-state index in [4.69, 9.17) is 0 Å². The molecule has 0 heterocycles. The third kappa shape index (κ3) is 5.30. The lowest BCUT2D eigenvalue weighted by molar-refractivity contribution is 0.226. The second kappa shape index (κ2) is 6.42. The molecule has 0 bridgehead atoms. The molecular weight excluding hydrogens is 158 g/mol. The van der Waals surface area contributed by atoms with Crippen LogP contribution in [0.2, 0.25) is 0 Å². The summed E-state index contributed by atoms with van der Waals surface area (Å²) < 4.78 is 0. The van der Waals surface area contributed by atoms with Crippen molar-refractivity contribution < 1.29 is 0 Å². The fraction of sp³-hybridized carbons (Fsp3) is 1.00. The van der Waals surface area contributed by atoms with Crippen LogP contribution in [-0.2, 0) is 0 Å². The first-order valence-corrected chi connectivity index (χ1v) is 5.72. The summed E-state index contributed by atoms with van der Waals surface area (Å²) in [4.78, 5) is 0. The lowest BCUT2D eigenvalue weighted by atomic mass is 9.78. The molecule has 2 unspecified atom stereocenters. The molecule has 0 rings (SSSR count). The Bertz CT molecular complexity index is 122. The van der Waals surface area contributed by atoms with Crippen molar-refractivity contribution in [2.75, 3.05) is 13.6 Å². The van der Waals surface area contributed by atoms with Gasteiger partial charge in [-0.15, -0.1) is 0 Å². The van der Waals surface area contributed by atoms with Gasteiger partial charge in [-0.05, 0) is 31.2 Å². The summed E-state index contributed by atoms with van der Waals surface area (Å²) in [5.74, 6) is 0.878. The molecule has 0 saturated heterocycles. The van der Waals surface area contributed by atoms with Gasteiger partial charge in [-0.2, -0.15) is 0 Å². The van der Waals surface area contributed by atoms with Crippen molar-refractivity contribution in [3.8, 4) is 0 Å². The molecule has 1 nitrogen and oxygen atoms in total. The largest absolute Gasteiger partial charge is 0.319 e. The second-order valence-corrected chi connectivity index (χ2v) is 4.79. The van der Waals surface area contributed by atoms with E-state index in [0.717, 1.165) is 12.5 Å². The summed E-state index contributed by atoms with van der Waals surface area (Å²) in [7, 11) is 2.05. The van der Waals surface area contributed by atoms with Gasteiger partial charge in [0.05, 0.1) is 0 Å². The summed E-state index contributed by atoms with van der Waals surface area (Å²) >= 11 is 0. The fourth-order valence-electron chi connectivity index (χ4n) is 2.20. The van der Waals surface area contributed by atoms with Gasteiger partial charge in [0.1, 0.15) is 0 Å². The van der Waals surface area contributed by atoms with Gasteiger partial charge in [0.2, 0.25) is 0 Å². The van der Waals surface area contributed by atoms with Gasteiger partial charge in [0, 0.05) is 6.54 Å². The standard InChI is InChI=1S/C12H27N/c1-6-8-11(3)9-12(4,7-2)10-13-5/h11,13H,6-10H2,1-5H3. The molecule has 0 aliphatic carbocycles. The quantitative estimate of drug-likeness (QED) is 0.640. The van der Waals surface area contributed by atoms with Gasteiger partial charge in [0.25, 0.3) is 0 Å². The van der Waals surface area contributed by atoms with E-state index >= 15 is 0 Å². The van der Waals surface area contributed by atoms with Crippen LogP contribution in [0.5, 0.6) is 0 Å². The molecular formula is C12H27N. The van der Waals surface area contributed by atoms with Crippen molar-refractivity contribution in [1.29, 1.82) is 0 Å². The Labute approximate surface area is 84.3 Å². The van der Waals surface area contributed by atoms with Crippen molar-refractivity contribution in [3.05, 3.63) is 0 Å². The highest BCUT2D eigenvalue weighted by Gasteiger charge is 2.23. The van der Waals surface area contributed by atoms with Gasteiger partial charge in [-0.1, -0.05) is 40.5 Å². The van der Waals surface area contributed by atoms with Crippen LogP contribution in [0.15, 0.2) is 0 Å². The van der Waals surface area contributed by atoms with Gasteiger partial charge in [0.15, 0.2) is 0 Å². The van der Waals surface area contributed by atoms with Crippen LogP contribution in [0.1, 0.15) is 53.4 Å². The SMILES string of the molecule is CCCC(C)CC(C)(CC)CNC. The number of nitrogens with one attached hydrogen (secondary N) is 1. The lowest BCUT2D eigenvalue weighted by Gasteiger charge is -2.31. The average Bonchev–Trinajstić information content (AvgIpc) is 2.05. The van der Waals surface area contributed by atoms with E-state index in [0.29, 0.717) is 5.41 Å². The molecule has 0 radical (unpaired) electrons. The molecule has 0 aromatic heterocycles. The first-order chi connectivity index (χ1) is 6.08. The zero-order valence-corrected chi connectivity index (χ0v) is 10.1. The van der Waals surface area contributed by atoms with E-state index < -0.39 is 0 Å². The lowest BCUT2D eigenvalue weighted by Crippen LogP contribution is -2.30. The van der Waals surface area contributed by atoms with Gasteiger partial charge in [-0.25, -0.2) is 0 Å². The Morgan fingerprint density at radius 3 is 2.31 bits per heavy atom. The topological polar surface area (TPSA) is 12.0 Å². The van der Waals surface area contributed by atoms with Crippen molar-refractivity contribution in [2.45, 2.75) is 53.4 Å². The number of rotatable bonds is 7. The highest BCUT2D eigenvalue weighted by atomic mass is 14.8. The van der Waals surface area contributed by atoms with Gasteiger partial charge in [-0.3, -0.25) is 0 Å². The van der Waals surface area contributed by atoms with Crippen molar-refractivity contribution in [3.63, 3.8) is 0 Å². The molecule has 13 heavy (non-hydrogen) atoms. The summed E-state index contributed by atoms with van der Waals surface area (Å²) in [6.07, 6.45) is 5.33. The molecule has 0 spiro atoms. The van der Waals surface area contributed by atoms with Crippen molar-refractivity contribution in [2.24, 2.45) is 11.3 Å². The molecule has 80 valence electrons. The smallest absolute Gasteiger partial charge is 0.000215 e. The van der Waals surface area contributed by atoms with Crippen LogP contribution in [0.3, 0.4) is 0 Å². The molecule has 0 aliphatic heterocycles. The van der Waals surface area contributed by atoms with Crippen LogP contribution in [0.25, 0.3) is 0 Å². The van der Waals surface area contributed by atoms with E-state index in [9.17, 15) is 0 Å². The minimum atomic E-state index is 0.503.